The van der Waals surface area contributed by atoms with Crippen LogP contribution < -0.4 is 20.3 Å². The first-order valence-electron chi connectivity index (χ1n) is 11.1. The Morgan fingerprint density at radius 3 is 2.91 bits per heavy atom. The minimum atomic E-state index is -0.503. The largest absolute Gasteiger partial charge is 0.483 e. The Balaban J connectivity index is 0.000000917. The molecule has 2 aromatic rings. The highest BCUT2D eigenvalue weighted by Crippen LogP contribution is 2.30. The number of anilines is 2. The van der Waals surface area contributed by atoms with Gasteiger partial charge in [-0.15, -0.1) is 0 Å². The topological polar surface area (TPSA) is 156 Å². The van der Waals surface area contributed by atoms with Gasteiger partial charge < -0.3 is 25.2 Å². The molecule has 1 aliphatic carbocycles. The summed E-state index contributed by atoms with van der Waals surface area (Å²) in [6.07, 6.45) is 4.57. The van der Waals surface area contributed by atoms with Crippen LogP contribution >= 0.6 is 0 Å². The Morgan fingerprint density at radius 2 is 2.11 bits per heavy atom. The van der Waals surface area contributed by atoms with E-state index in [0.29, 0.717) is 43.4 Å². The van der Waals surface area contributed by atoms with E-state index in [4.69, 9.17) is 19.4 Å². The number of ether oxygens (including phenoxy) is 2. The smallest absolute Gasteiger partial charge is 0.415 e. The van der Waals surface area contributed by atoms with E-state index in [9.17, 15) is 14.0 Å². The SMILES string of the molecule is Cc1ncc2c(c1F)CC(CNCC[C@H]1CN(c3cnc4c(n3)NC(=O)CO4)C(=O)O1)C2.O=CO. The molecule has 2 aliphatic heterocycles. The zero-order valence-corrected chi connectivity index (χ0v) is 19.0. The summed E-state index contributed by atoms with van der Waals surface area (Å²) in [5.74, 6) is 0.534. The molecule has 0 aromatic carbocycles. The van der Waals surface area contributed by atoms with Crippen LogP contribution in [0.3, 0.4) is 0 Å². The molecule has 5 rings (SSSR count). The maximum Gasteiger partial charge on any atom is 0.415 e. The van der Waals surface area contributed by atoms with Gasteiger partial charge in [0.1, 0.15) is 11.9 Å². The first kappa shape index (κ1) is 24.3. The average Bonchev–Trinajstić information content (AvgIpc) is 3.42. The van der Waals surface area contributed by atoms with Gasteiger partial charge in [0.2, 0.25) is 0 Å². The van der Waals surface area contributed by atoms with E-state index in [2.05, 4.69) is 25.6 Å². The van der Waals surface area contributed by atoms with Crippen molar-refractivity contribution in [3.05, 3.63) is 35.0 Å². The van der Waals surface area contributed by atoms with Crippen molar-refractivity contribution in [2.45, 2.75) is 32.3 Å². The molecule has 3 aliphatic rings. The third-order valence-corrected chi connectivity index (χ3v) is 5.94. The number of rotatable bonds is 6. The van der Waals surface area contributed by atoms with Gasteiger partial charge in [-0.05, 0) is 56.3 Å². The lowest BCUT2D eigenvalue weighted by molar-refractivity contribution is -0.123. The molecule has 0 saturated carbocycles. The van der Waals surface area contributed by atoms with Crippen LogP contribution in [0, 0.1) is 18.7 Å². The van der Waals surface area contributed by atoms with Gasteiger partial charge in [-0.25, -0.2) is 19.2 Å². The number of hydrogen-bond donors (Lipinski definition) is 3. The van der Waals surface area contributed by atoms with Gasteiger partial charge in [0.05, 0.1) is 18.4 Å². The first-order valence-corrected chi connectivity index (χ1v) is 11.1. The predicted octanol–water partition coefficient (Wildman–Crippen LogP) is 1.07. The lowest BCUT2D eigenvalue weighted by Gasteiger charge is -2.18. The van der Waals surface area contributed by atoms with Gasteiger partial charge in [0.15, 0.2) is 18.2 Å². The van der Waals surface area contributed by atoms with Crippen LogP contribution in [-0.4, -0.2) is 70.9 Å². The molecule has 1 fully saturated rings. The third kappa shape index (κ3) is 5.45. The fourth-order valence-electron chi connectivity index (χ4n) is 4.30. The van der Waals surface area contributed by atoms with Gasteiger partial charge in [0, 0.05) is 6.20 Å². The molecule has 2 aromatic heterocycles. The molecular formula is C22H25FN6O6. The quantitative estimate of drug-likeness (QED) is 0.397. The summed E-state index contributed by atoms with van der Waals surface area (Å²) >= 11 is 0. The maximum absolute atomic E-state index is 14.2. The van der Waals surface area contributed by atoms with Crippen molar-refractivity contribution in [1.82, 2.24) is 20.3 Å². The second kappa shape index (κ2) is 10.6. The van der Waals surface area contributed by atoms with Crippen molar-refractivity contribution in [2.75, 3.05) is 36.5 Å². The molecule has 186 valence electrons. The number of cyclic esters (lactones) is 1. The molecule has 0 radical (unpaired) electrons. The number of carbonyl (C=O) groups excluding carboxylic acids is 2. The summed E-state index contributed by atoms with van der Waals surface area (Å²) < 4.78 is 24.9. The second-order valence-electron chi connectivity index (χ2n) is 8.37. The minimum absolute atomic E-state index is 0.111. The normalized spacial score (nSPS) is 20.1. The molecule has 12 nitrogen and oxygen atoms in total. The van der Waals surface area contributed by atoms with E-state index in [0.717, 1.165) is 24.1 Å². The molecule has 0 spiro atoms. The number of aryl methyl sites for hydroxylation is 1. The summed E-state index contributed by atoms with van der Waals surface area (Å²) in [5, 5.41) is 12.9. The lowest BCUT2D eigenvalue weighted by Crippen LogP contribution is -2.30. The predicted molar refractivity (Wildman–Crippen MR) is 120 cm³/mol. The van der Waals surface area contributed by atoms with E-state index in [-0.39, 0.29) is 42.6 Å². The van der Waals surface area contributed by atoms with E-state index in [1.165, 1.54) is 11.1 Å². The monoisotopic (exact) mass is 488 g/mol. The summed E-state index contributed by atoms with van der Waals surface area (Å²) in [6, 6.07) is 0. The van der Waals surface area contributed by atoms with Crippen LogP contribution in [0.1, 0.15) is 23.2 Å². The van der Waals surface area contributed by atoms with E-state index in [1.807, 2.05) is 0 Å². The highest BCUT2D eigenvalue weighted by Gasteiger charge is 2.34. The fraction of sp³-hybridized carbons (Fsp3) is 0.455. The Morgan fingerprint density at radius 1 is 1.31 bits per heavy atom. The van der Waals surface area contributed by atoms with Crippen molar-refractivity contribution in [1.29, 1.82) is 0 Å². The molecule has 13 heteroatoms. The number of halogens is 1. The van der Waals surface area contributed by atoms with Gasteiger partial charge in [-0.1, -0.05) is 0 Å². The van der Waals surface area contributed by atoms with E-state index in [1.54, 1.807) is 13.1 Å². The Kier molecular flexibility index (Phi) is 7.34. The van der Waals surface area contributed by atoms with Crippen molar-refractivity contribution in [3.63, 3.8) is 0 Å². The van der Waals surface area contributed by atoms with Gasteiger partial charge >= 0.3 is 6.09 Å². The van der Waals surface area contributed by atoms with Crippen molar-refractivity contribution in [2.24, 2.45) is 5.92 Å². The summed E-state index contributed by atoms with van der Waals surface area (Å²) in [7, 11) is 0. The summed E-state index contributed by atoms with van der Waals surface area (Å²) in [6.45, 7) is 3.09. The van der Waals surface area contributed by atoms with Crippen LogP contribution in [0.25, 0.3) is 0 Å². The Bertz CT molecular complexity index is 1130. The summed E-state index contributed by atoms with van der Waals surface area (Å²) in [5.41, 5.74) is 2.23. The average molecular weight is 488 g/mol. The number of nitrogens with one attached hydrogen (secondary N) is 2. The van der Waals surface area contributed by atoms with E-state index < -0.39 is 6.09 Å². The van der Waals surface area contributed by atoms with Crippen molar-refractivity contribution < 1.29 is 33.4 Å². The zero-order chi connectivity index (χ0) is 24.9. The zero-order valence-electron chi connectivity index (χ0n) is 19.0. The number of nitrogens with zero attached hydrogens (tertiary/aromatic N) is 4. The van der Waals surface area contributed by atoms with E-state index >= 15 is 0 Å². The number of fused-ring (bicyclic) bond motifs is 2. The maximum atomic E-state index is 14.2. The molecule has 1 unspecified atom stereocenters. The van der Waals surface area contributed by atoms with Crippen LogP contribution in [-0.2, 0) is 27.2 Å². The first-order chi connectivity index (χ1) is 16.9. The van der Waals surface area contributed by atoms with Gasteiger partial charge in [0.25, 0.3) is 18.3 Å². The number of pyridine rings is 1. The van der Waals surface area contributed by atoms with Crippen molar-refractivity contribution >= 4 is 30.1 Å². The summed E-state index contributed by atoms with van der Waals surface area (Å²) in [4.78, 5) is 46.0. The molecule has 2 atom stereocenters. The standard InChI is InChI=1S/C21H23FN6O4.CH2O2/c1-11-18(22)15-5-12(4-13(15)7-24-11)6-23-3-2-14-9-28(21(30)32-14)16-8-25-20-19(26-16)27-17(29)10-31-20;2-1-3/h7-8,12,14,23H,2-6,9-10H2,1H3,(H,26,27,29);1H,(H,2,3)/t12?,14-;/m0./s1. The number of carboxylic acid groups (broad SMARTS) is 1. The number of hydrogen-bond acceptors (Lipinski definition) is 9. The minimum Gasteiger partial charge on any atom is -0.483 e. The molecule has 35 heavy (non-hydrogen) atoms. The van der Waals surface area contributed by atoms with Crippen LogP contribution in [0.2, 0.25) is 0 Å². The molecule has 1 saturated heterocycles. The van der Waals surface area contributed by atoms with Gasteiger partial charge in [-0.3, -0.25) is 19.5 Å². The lowest BCUT2D eigenvalue weighted by atomic mass is 10.1. The highest BCUT2D eigenvalue weighted by atomic mass is 19.1. The molecule has 2 amide bonds. The van der Waals surface area contributed by atoms with Crippen LogP contribution in [0.5, 0.6) is 5.88 Å². The molecular weight excluding hydrogens is 463 g/mol. The number of carbonyl (C=O) groups is 3. The number of aromatic nitrogens is 3. The highest BCUT2D eigenvalue weighted by molar-refractivity contribution is 5.94. The van der Waals surface area contributed by atoms with Crippen molar-refractivity contribution in [3.8, 4) is 5.88 Å². The third-order valence-electron chi connectivity index (χ3n) is 5.94. The van der Waals surface area contributed by atoms with Crippen LogP contribution in [0.15, 0.2) is 12.4 Å². The fourth-order valence-corrected chi connectivity index (χ4v) is 4.30. The molecule has 4 heterocycles. The Labute approximate surface area is 199 Å². The second-order valence-corrected chi connectivity index (χ2v) is 8.37. The Hall–Kier alpha value is -3.87. The molecule has 3 N–H and O–H groups in total. The molecule has 0 bridgehead atoms. The number of amides is 2. The van der Waals surface area contributed by atoms with Gasteiger partial charge in [-0.2, -0.15) is 0 Å². The van der Waals surface area contributed by atoms with Crippen LogP contribution in [0.4, 0.5) is 20.8 Å².